The van der Waals surface area contributed by atoms with E-state index in [4.69, 9.17) is 5.73 Å². The maximum absolute atomic E-state index is 9.99. The minimum Gasteiger partial charge on any atom is -0.387 e. The zero-order valence-corrected chi connectivity index (χ0v) is 12.2. The standard InChI is InChI=1S/C12H16N6O2S/c1-2-5-21-12-14-10(13)8-11(15-12)18(17-16-8)6-3-4-7(19)9(6)20/h3-4,6-7,9,19-20H,2,5H2,1H3,(H2,13,14,15)/t6-,7-,9?/m1/s1. The number of nitrogen functional groups attached to an aromatic ring is 1. The Morgan fingerprint density at radius 1 is 1.33 bits per heavy atom. The van der Waals surface area contributed by atoms with Crippen molar-refractivity contribution in [3.05, 3.63) is 12.2 Å². The lowest BCUT2D eigenvalue weighted by Gasteiger charge is -2.16. The molecule has 1 aliphatic carbocycles. The van der Waals surface area contributed by atoms with Crippen LogP contribution in [0.4, 0.5) is 5.82 Å². The molecule has 2 heterocycles. The van der Waals surface area contributed by atoms with E-state index in [1.807, 2.05) is 0 Å². The number of aliphatic hydroxyl groups excluding tert-OH is 2. The van der Waals surface area contributed by atoms with Crippen LogP contribution in [0.1, 0.15) is 19.4 Å². The molecular formula is C12H16N6O2S. The maximum Gasteiger partial charge on any atom is 0.191 e. The second kappa shape index (κ2) is 5.58. The van der Waals surface area contributed by atoms with Crippen molar-refractivity contribution in [3.63, 3.8) is 0 Å². The first-order chi connectivity index (χ1) is 10.1. The lowest BCUT2D eigenvalue weighted by molar-refractivity contribution is 0.0345. The number of aliphatic hydroxyl groups is 2. The number of hydrogen-bond donors (Lipinski definition) is 3. The van der Waals surface area contributed by atoms with Gasteiger partial charge in [-0.25, -0.2) is 14.6 Å². The van der Waals surface area contributed by atoms with Crippen LogP contribution in [0.15, 0.2) is 17.3 Å². The molecule has 0 bridgehead atoms. The molecule has 0 aromatic carbocycles. The smallest absolute Gasteiger partial charge is 0.191 e. The van der Waals surface area contributed by atoms with E-state index < -0.39 is 18.2 Å². The van der Waals surface area contributed by atoms with E-state index >= 15 is 0 Å². The van der Waals surface area contributed by atoms with Crippen LogP contribution >= 0.6 is 11.8 Å². The van der Waals surface area contributed by atoms with Crippen LogP contribution in [0.2, 0.25) is 0 Å². The highest BCUT2D eigenvalue weighted by atomic mass is 32.2. The molecule has 0 saturated carbocycles. The van der Waals surface area contributed by atoms with Crippen LogP contribution in [0.5, 0.6) is 0 Å². The summed E-state index contributed by atoms with van der Waals surface area (Å²) in [5.74, 6) is 1.15. The van der Waals surface area contributed by atoms with Gasteiger partial charge in [-0.05, 0) is 6.42 Å². The fraction of sp³-hybridized carbons (Fsp3) is 0.500. The highest BCUT2D eigenvalue weighted by Crippen LogP contribution is 2.28. The Morgan fingerprint density at radius 3 is 2.81 bits per heavy atom. The Kier molecular flexibility index (Phi) is 3.79. The van der Waals surface area contributed by atoms with E-state index in [1.54, 1.807) is 6.08 Å². The molecular weight excluding hydrogens is 292 g/mol. The molecule has 0 fully saturated rings. The summed E-state index contributed by atoms with van der Waals surface area (Å²) >= 11 is 1.50. The molecule has 8 nitrogen and oxygen atoms in total. The Bertz CT molecular complexity index is 688. The van der Waals surface area contributed by atoms with E-state index in [1.165, 1.54) is 22.5 Å². The van der Waals surface area contributed by atoms with E-state index in [-0.39, 0.29) is 5.82 Å². The fourth-order valence-electron chi connectivity index (χ4n) is 2.17. The summed E-state index contributed by atoms with van der Waals surface area (Å²) in [7, 11) is 0. The molecule has 2 aromatic rings. The zero-order valence-electron chi connectivity index (χ0n) is 11.4. The van der Waals surface area contributed by atoms with Crippen LogP contribution in [-0.2, 0) is 0 Å². The molecule has 21 heavy (non-hydrogen) atoms. The van der Waals surface area contributed by atoms with Crippen molar-refractivity contribution in [3.8, 4) is 0 Å². The normalized spacial score (nSPS) is 25.0. The second-order valence-electron chi connectivity index (χ2n) is 4.80. The third kappa shape index (κ3) is 2.47. The van der Waals surface area contributed by atoms with Gasteiger partial charge in [0.1, 0.15) is 18.2 Å². The van der Waals surface area contributed by atoms with Gasteiger partial charge in [0.25, 0.3) is 0 Å². The van der Waals surface area contributed by atoms with Crippen LogP contribution in [0.3, 0.4) is 0 Å². The van der Waals surface area contributed by atoms with E-state index in [0.29, 0.717) is 16.3 Å². The van der Waals surface area contributed by atoms with Gasteiger partial charge in [0.15, 0.2) is 22.1 Å². The van der Waals surface area contributed by atoms with Gasteiger partial charge in [0, 0.05) is 5.75 Å². The van der Waals surface area contributed by atoms with E-state index in [9.17, 15) is 10.2 Å². The summed E-state index contributed by atoms with van der Waals surface area (Å²) in [6, 6.07) is -0.511. The van der Waals surface area contributed by atoms with Gasteiger partial charge in [-0.2, -0.15) is 0 Å². The molecule has 2 aromatic heterocycles. The molecule has 1 unspecified atom stereocenters. The molecule has 0 aliphatic heterocycles. The van der Waals surface area contributed by atoms with Gasteiger partial charge < -0.3 is 15.9 Å². The first-order valence-corrected chi connectivity index (χ1v) is 7.66. The molecule has 0 saturated heterocycles. The number of anilines is 1. The molecule has 3 rings (SSSR count). The lowest BCUT2D eigenvalue weighted by Crippen LogP contribution is -2.28. The molecule has 9 heteroatoms. The molecule has 4 N–H and O–H groups in total. The van der Waals surface area contributed by atoms with Crippen molar-refractivity contribution in [1.29, 1.82) is 0 Å². The first-order valence-electron chi connectivity index (χ1n) is 6.67. The fourth-order valence-corrected chi connectivity index (χ4v) is 2.87. The van der Waals surface area contributed by atoms with Crippen molar-refractivity contribution < 1.29 is 10.2 Å². The quantitative estimate of drug-likeness (QED) is 0.414. The Morgan fingerprint density at radius 2 is 2.14 bits per heavy atom. The number of aromatic nitrogens is 5. The number of thioether (sulfide) groups is 1. The average molecular weight is 308 g/mol. The average Bonchev–Trinajstić information content (AvgIpc) is 3.02. The summed E-state index contributed by atoms with van der Waals surface area (Å²) in [4.78, 5) is 8.62. The highest BCUT2D eigenvalue weighted by Gasteiger charge is 2.32. The van der Waals surface area contributed by atoms with E-state index in [2.05, 4.69) is 27.2 Å². The number of rotatable bonds is 4. The first kappa shape index (κ1) is 14.2. The number of nitrogens with zero attached hydrogens (tertiary/aromatic N) is 5. The lowest BCUT2D eigenvalue weighted by atomic mass is 10.2. The van der Waals surface area contributed by atoms with Gasteiger partial charge in [-0.3, -0.25) is 0 Å². The number of fused-ring (bicyclic) bond motifs is 1. The molecule has 1 aliphatic rings. The van der Waals surface area contributed by atoms with Gasteiger partial charge in [0.05, 0.1) is 0 Å². The second-order valence-corrected chi connectivity index (χ2v) is 5.86. The maximum atomic E-state index is 9.99. The summed E-state index contributed by atoms with van der Waals surface area (Å²) < 4.78 is 1.47. The third-order valence-corrected chi connectivity index (χ3v) is 4.31. The molecule has 3 atom stereocenters. The van der Waals surface area contributed by atoms with Crippen molar-refractivity contribution in [1.82, 2.24) is 25.0 Å². The number of nitrogens with two attached hydrogens (primary N) is 1. The van der Waals surface area contributed by atoms with E-state index in [0.717, 1.165) is 12.2 Å². The third-order valence-electron chi connectivity index (χ3n) is 3.25. The van der Waals surface area contributed by atoms with Crippen molar-refractivity contribution in [2.24, 2.45) is 0 Å². The van der Waals surface area contributed by atoms with Gasteiger partial charge in [-0.1, -0.05) is 36.1 Å². The summed E-state index contributed by atoms with van der Waals surface area (Å²) in [6.07, 6.45) is 2.32. The zero-order chi connectivity index (χ0) is 15.0. The SMILES string of the molecule is CCCSc1nc(N)c2nnn([C@@H]3C=C[C@@H](O)C3O)c2n1. The molecule has 0 spiro atoms. The van der Waals surface area contributed by atoms with Crippen LogP contribution in [-0.4, -0.2) is 53.1 Å². The predicted octanol–water partition coefficient (Wildman–Crippen LogP) is 0.138. The van der Waals surface area contributed by atoms with Gasteiger partial charge >= 0.3 is 0 Å². The van der Waals surface area contributed by atoms with Crippen LogP contribution in [0, 0.1) is 0 Å². The molecule has 0 radical (unpaired) electrons. The Hall–Kier alpha value is -1.71. The monoisotopic (exact) mass is 308 g/mol. The summed E-state index contributed by atoms with van der Waals surface area (Å²) in [6.45, 7) is 2.07. The highest BCUT2D eigenvalue weighted by molar-refractivity contribution is 7.99. The minimum absolute atomic E-state index is 0.266. The minimum atomic E-state index is -0.974. The predicted molar refractivity (Wildman–Crippen MR) is 78.7 cm³/mol. The van der Waals surface area contributed by atoms with Crippen LogP contribution < -0.4 is 5.73 Å². The Balaban J connectivity index is 2.04. The van der Waals surface area contributed by atoms with Crippen LogP contribution in [0.25, 0.3) is 11.2 Å². The summed E-state index contributed by atoms with van der Waals surface area (Å²) in [5, 5.41) is 28.1. The molecule has 0 amide bonds. The van der Waals surface area contributed by atoms with Crippen molar-refractivity contribution in [2.45, 2.75) is 36.8 Å². The van der Waals surface area contributed by atoms with Gasteiger partial charge in [0.2, 0.25) is 0 Å². The number of hydrogen-bond acceptors (Lipinski definition) is 8. The molecule has 112 valence electrons. The summed E-state index contributed by atoms with van der Waals surface area (Å²) in [5.41, 5.74) is 6.76. The van der Waals surface area contributed by atoms with Crippen molar-refractivity contribution in [2.75, 3.05) is 11.5 Å². The Labute approximate surface area is 125 Å². The van der Waals surface area contributed by atoms with Gasteiger partial charge in [-0.15, -0.1) is 5.10 Å². The van der Waals surface area contributed by atoms with Crippen molar-refractivity contribution >= 4 is 28.7 Å². The largest absolute Gasteiger partial charge is 0.387 e. The topological polar surface area (TPSA) is 123 Å².